The molecule has 0 aliphatic carbocycles. The fourth-order valence-corrected chi connectivity index (χ4v) is 4.40. The Morgan fingerprint density at radius 3 is 2.45 bits per heavy atom. The number of carbonyl (C=O) groups is 1. The number of hydrogen-bond acceptors (Lipinski definition) is 5. The van der Waals surface area contributed by atoms with Crippen LogP contribution in [0.2, 0.25) is 0 Å². The Kier molecular flexibility index (Phi) is 7.04. The van der Waals surface area contributed by atoms with Crippen molar-refractivity contribution in [2.45, 2.75) is 11.8 Å². The molecule has 0 fully saturated rings. The lowest BCUT2D eigenvalue weighted by atomic mass is 10.2. The quantitative estimate of drug-likeness (QED) is 0.432. The number of amides is 1. The Labute approximate surface area is 182 Å². The number of anilines is 1. The number of benzene rings is 3. The largest absolute Gasteiger partial charge is 0.495 e. The smallest absolute Gasteiger partial charge is 0.264 e. The van der Waals surface area contributed by atoms with Gasteiger partial charge in [0.25, 0.3) is 15.9 Å². The molecule has 0 saturated carbocycles. The number of sulfonamides is 1. The summed E-state index contributed by atoms with van der Waals surface area (Å²) in [4.78, 5) is 12.7. The first kappa shape index (κ1) is 22.0. The van der Waals surface area contributed by atoms with E-state index in [-0.39, 0.29) is 10.6 Å². The van der Waals surface area contributed by atoms with Gasteiger partial charge in [-0.3, -0.25) is 9.10 Å². The van der Waals surface area contributed by atoms with Crippen molar-refractivity contribution in [3.8, 4) is 5.75 Å². The second-order valence-corrected chi connectivity index (χ2v) is 8.57. The van der Waals surface area contributed by atoms with E-state index in [4.69, 9.17) is 4.74 Å². The second kappa shape index (κ2) is 9.90. The van der Waals surface area contributed by atoms with E-state index in [1.54, 1.807) is 42.5 Å². The molecule has 0 heterocycles. The van der Waals surface area contributed by atoms with Crippen molar-refractivity contribution in [2.75, 3.05) is 18.0 Å². The number of nitrogens with zero attached hydrogens (tertiary/aromatic N) is 2. The fraction of sp³-hybridized carbons (Fsp3) is 0.130. The summed E-state index contributed by atoms with van der Waals surface area (Å²) in [5.74, 6) is -0.257. The highest BCUT2D eigenvalue weighted by Crippen LogP contribution is 2.31. The lowest BCUT2D eigenvalue weighted by molar-refractivity contribution is -0.119. The minimum atomic E-state index is -4.02. The summed E-state index contributed by atoms with van der Waals surface area (Å²) in [5, 5.41) is 3.95. The molecule has 0 aliphatic rings. The predicted octanol–water partition coefficient (Wildman–Crippen LogP) is 3.35. The predicted molar refractivity (Wildman–Crippen MR) is 121 cm³/mol. The summed E-state index contributed by atoms with van der Waals surface area (Å²) in [6.07, 6.45) is 1.50. The Morgan fingerprint density at radius 2 is 1.74 bits per heavy atom. The molecule has 0 aromatic heterocycles. The summed E-state index contributed by atoms with van der Waals surface area (Å²) >= 11 is 0. The zero-order chi connectivity index (χ0) is 22.3. The number of nitrogens with one attached hydrogen (secondary N) is 1. The van der Waals surface area contributed by atoms with Crippen molar-refractivity contribution in [3.63, 3.8) is 0 Å². The van der Waals surface area contributed by atoms with Crippen LogP contribution >= 0.6 is 0 Å². The van der Waals surface area contributed by atoms with Crippen molar-refractivity contribution in [2.24, 2.45) is 5.10 Å². The van der Waals surface area contributed by atoms with Crippen LogP contribution in [0.4, 0.5) is 5.69 Å². The van der Waals surface area contributed by atoms with Gasteiger partial charge in [0.1, 0.15) is 12.3 Å². The van der Waals surface area contributed by atoms with Gasteiger partial charge in [-0.1, -0.05) is 60.2 Å². The first-order valence-corrected chi connectivity index (χ1v) is 10.9. The van der Waals surface area contributed by atoms with Crippen molar-refractivity contribution in [1.29, 1.82) is 0 Å². The van der Waals surface area contributed by atoms with Gasteiger partial charge in [-0.2, -0.15) is 5.10 Å². The van der Waals surface area contributed by atoms with Gasteiger partial charge in [-0.15, -0.1) is 0 Å². The van der Waals surface area contributed by atoms with Crippen LogP contribution < -0.4 is 14.5 Å². The molecule has 0 aliphatic heterocycles. The Bertz CT molecular complexity index is 1180. The number of ether oxygens (including phenoxy) is 1. The SMILES string of the molecule is COc1ccccc1N(CC(=O)N/N=C\c1cccc(C)c1)S(=O)(=O)c1ccccc1. The Balaban J connectivity index is 1.87. The zero-order valence-electron chi connectivity index (χ0n) is 17.2. The van der Waals surface area contributed by atoms with E-state index in [0.717, 1.165) is 15.4 Å². The highest BCUT2D eigenvalue weighted by Gasteiger charge is 2.29. The minimum Gasteiger partial charge on any atom is -0.495 e. The molecule has 0 bridgehead atoms. The Hall–Kier alpha value is -3.65. The summed E-state index contributed by atoms with van der Waals surface area (Å²) in [5.41, 5.74) is 4.53. The maximum Gasteiger partial charge on any atom is 0.264 e. The Morgan fingerprint density at radius 1 is 1.03 bits per heavy atom. The van der Waals surface area contributed by atoms with Crippen LogP contribution in [0.15, 0.2) is 88.9 Å². The lowest BCUT2D eigenvalue weighted by Crippen LogP contribution is -2.39. The number of rotatable bonds is 8. The molecule has 0 unspecified atom stereocenters. The number of aryl methyl sites for hydroxylation is 1. The van der Waals surface area contributed by atoms with Gasteiger partial charge in [0.15, 0.2) is 0 Å². The van der Waals surface area contributed by atoms with E-state index in [1.807, 2.05) is 31.2 Å². The van der Waals surface area contributed by atoms with E-state index in [1.165, 1.54) is 25.5 Å². The van der Waals surface area contributed by atoms with E-state index < -0.39 is 22.5 Å². The first-order chi connectivity index (χ1) is 14.9. The average Bonchev–Trinajstić information content (AvgIpc) is 2.78. The standard InChI is InChI=1S/C23H23N3O4S/c1-18-9-8-10-19(15-18)16-24-25-23(27)17-26(21-13-6-7-14-22(21)30-2)31(28,29)20-11-4-3-5-12-20/h3-16H,17H2,1-2H3,(H,25,27)/b24-16-. The molecule has 3 aromatic rings. The third kappa shape index (κ3) is 5.49. The van der Waals surface area contributed by atoms with Crippen LogP contribution in [0.5, 0.6) is 5.75 Å². The normalized spacial score (nSPS) is 11.3. The molecule has 160 valence electrons. The number of hydrogen-bond donors (Lipinski definition) is 1. The molecule has 0 spiro atoms. The van der Waals surface area contributed by atoms with Crippen LogP contribution in [0, 0.1) is 6.92 Å². The topological polar surface area (TPSA) is 88.1 Å². The maximum absolute atomic E-state index is 13.3. The molecule has 3 aromatic carbocycles. The monoisotopic (exact) mass is 437 g/mol. The molecule has 0 saturated heterocycles. The van der Waals surface area contributed by atoms with Gasteiger partial charge in [0, 0.05) is 0 Å². The summed E-state index contributed by atoms with van der Waals surface area (Å²) in [6, 6.07) is 22.2. The molecule has 0 radical (unpaired) electrons. The van der Waals surface area contributed by atoms with E-state index >= 15 is 0 Å². The van der Waals surface area contributed by atoms with Crippen molar-refractivity contribution < 1.29 is 17.9 Å². The molecule has 31 heavy (non-hydrogen) atoms. The van der Waals surface area contributed by atoms with Gasteiger partial charge in [0.05, 0.1) is 23.9 Å². The molecule has 0 atom stereocenters. The zero-order valence-corrected chi connectivity index (χ0v) is 18.0. The summed E-state index contributed by atoms with van der Waals surface area (Å²) in [7, 11) is -2.58. The molecule has 7 nitrogen and oxygen atoms in total. The van der Waals surface area contributed by atoms with Gasteiger partial charge in [0.2, 0.25) is 0 Å². The first-order valence-electron chi connectivity index (χ1n) is 9.51. The second-order valence-electron chi connectivity index (χ2n) is 6.70. The third-order valence-electron chi connectivity index (χ3n) is 4.42. The van der Waals surface area contributed by atoms with Crippen LogP contribution in [0.1, 0.15) is 11.1 Å². The van der Waals surface area contributed by atoms with Crippen LogP contribution in [0.3, 0.4) is 0 Å². The molecular formula is C23H23N3O4S. The molecule has 1 N–H and O–H groups in total. The highest BCUT2D eigenvalue weighted by molar-refractivity contribution is 7.92. The van der Waals surface area contributed by atoms with Crippen LogP contribution in [-0.2, 0) is 14.8 Å². The average molecular weight is 438 g/mol. The van der Waals surface area contributed by atoms with Gasteiger partial charge < -0.3 is 4.74 Å². The van der Waals surface area contributed by atoms with E-state index in [2.05, 4.69) is 10.5 Å². The van der Waals surface area contributed by atoms with Gasteiger partial charge in [-0.25, -0.2) is 13.8 Å². The minimum absolute atomic E-state index is 0.0666. The van der Waals surface area contributed by atoms with Crippen molar-refractivity contribution >= 4 is 27.8 Å². The number of methoxy groups -OCH3 is 1. The van der Waals surface area contributed by atoms with E-state index in [0.29, 0.717) is 5.75 Å². The van der Waals surface area contributed by atoms with Gasteiger partial charge in [-0.05, 0) is 36.8 Å². The molecular weight excluding hydrogens is 414 g/mol. The van der Waals surface area contributed by atoms with E-state index in [9.17, 15) is 13.2 Å². The van der Waals surface area contributed by atoms with Crippen molar-refractivity contribution in [3.05, 3.63) is 90.0 Å². The van der Waals surface area contributed by atoms with Crippen molar-refractivity contribution in [1.82, 2.24) is 5.43 Å². The fourth-order valence-electron chi connectivity index (χ4n) is 2.95. The maximum atomic E-state index is 13.3. The molecule has 3 rings (SSSR count). The van der Waals surface area contributed by atoms with Crippen LogP contribution in [-0.4, -0.2) is 34.2 Å². The number of hydrazone groups is 1. The molecule has 8 heteroatoms. The molecule has 1 amide bonds. The lowest BCUT2D eigenvalue weighted by Gasteiger charge is -2.25. The summed E-state index contributed by atoms with van der Waals surface area (Å²) in [6.45, 7) is 1.48. The summed E-state index contributed by atoms with van der Waals surface area (Å²) < 4.78 is 33.0. The number of carbonyl (C=O) groups excluding carboxylic acids is 1. The van der Waals surface area contributed by atoms with Gasteiger partial charge >= 0.3 is 0 Å². The number of para-hydroxylation sites is 2. The van der Waals surface area contributed by atoms with Crippen LogP contribution in [0.25, 0.3) is 0 Å². The third-order valence-corrected chi connectivity index (χ3v) is 6.19. The highest BCUT2D eigenvalue weighted by atomic mass is 32.2.